The summed E-state index contributed by atoms with van der Waals surface area (Å²) in [5.74, 6) is 0.0311. The number of hydrogen-bond donors (Lipinski definition) is 4. The molecule has 13 heteroatoms. The molecule has 0 bridgehead atoms. The van der Waals surface area contributed by atoms with Gasteiger partial charge in [0.25, 0.3) is 0 Å². The minimum atomic E-state index is -4.79. The number of benzene rings is 1. The molecule has 2 aliphatic carbocycles. The topological polar surface area (TPSA) is 134 Å². The van der Waals surface area contributed by atoms with Crippen LogP contribution in [-0.4, -0.2) is 66.5 Å². The second-order valence-corrected chi connectivity index (χ2v) is 9.16. The zero-order chi connectivity index (χ0) is 25.3. The van der Waals surface area contributed by atoms with E-state index in [4.69, 9.17) is 11.5 Å². The third kappa shape index (κ3) is 6.21. The average Bonchev–Trinajstić information content (AvgIpc) is 3.70. The number of rotatable bonds is 8. The number of quaternary nitrogens is 1. The van der Waals surface area contributed by atoms with Crippen LogP contribution in [-0.2, 0) is 0 Å². The second-order valence-electron chi connectivity index (χ2n) is 9.16. The van der Waals surface area contributed by atoms with Crippen LogP contribution < -0.4 is 32.0 Å². The van der Waals surface area contributed by atoms with Gasteiger partial charge in [0.05, 0.1) is 31.5 Å². The van der Waals surface area contributed by atoms with Crippen molar-refractivity contribution in [2.75, 3.05) is 25.1 Å². The molecule has 0 aromatic heterocycles. The number of fused-ring (bicyclic) bond motifs is 1. The van der Waals surface area contributed by atoms with Crippen LogP contribution in [0.4, 0.5) is 28.4 Å². The van der Waals surface area contributed by atoms with Gasteiger partial charge in [-0.1, -0.05) is 6.07 Å². The molecule has 2 saturated carbocycles. The van der Waals surface area contributed by atoms with Crippen molar-refractivity contribution in [1.82, 2.24) is 15.1 Å². The lowest BCUT2D eigenvalue weighted by molar-refractivity contribution is -0.632. The second kappa shape index (κ2) is 9.72. The molecule has 192 valence electrons. The average molecular weight is 499 g/mol. The number of hydrogen-bond acceptors (Lipinski definition) is 5. The highest BCUT2D eigenvalue weighted by atomic mass is 19.4. The van der Waals surface area contributed by atoms with Crippen LogP contribution >= 0.6 is 0 Å². The molecule has 7 N–H and O–H groups in total. The highest BCUT2D eigenvalue weighted by Crippen LogP contribution is 2.45. The van der Waals surface area contributed by atoms with Crippen molar-refractivity contribution in [1.29, 1.82) is 0 Å². The monoisotopic (exact) mass is 498 g/mol. The molecule has 35 heavy (non-hydrogen) atoms. The number of halogens is 3. The fourth-order valence-electron chi connectivity index (χ4n) is 4.72. The number of nitrogens with one attached hydrogen (secondary N) is 1. The quantitative estimate of drug-likeness (QED) is 0.314. The standard InChI is InChI=1S/C22H30F3N7O3/c1-28-31(16-3-2-4-18(9-16)35-22(23,24)25)11-14(26)10-29-21(34)32(15-5-6-15)17-7-13-8-19(13)30(12-17)20(27)33/h2-4,9,11,13,15,17,19,28H,5-8,10,12,26H2,1H3,(H2,27,33)(H,29,34)/p+1/b14-11-/t13?,17-,19?/m1/s1. The molecule has 3 fully saturated rings. The van der Waals surface area contributed by atoms with E-state index in [1.807, 2.05) is 4.90 Å². The molecule has 0 radical (unpaired) electrons. The Morgan fingerprint density at radius 1 is 1.26 bits per heavy atom. The molecule has 2 unspecified atom stereocenters. The smallest absolute Gasteiger partial charge is 0.406 e. The number of carbonyl (C=O) groups excluding carboxylic acids is 2. The highest BCUT2D eigenvalue weighted by molar-refractivity contribution is 5.76. The van der Waals surface area contributed by atoms with Crippen LogP contribution in [0.15, 0.2) is 36.2 Å². The van der Waals surface area contributed by atoms with Crippen LogP contribution in [0.5, 0.6) is 5.75 Å². The van der Waals surface area contributed by atoms with E-state index in [1.165, 1.54) is 24.4 Å². The van der Waals surface area contributed by atoms with Crippen LogP contribution in [0.25, 0.3) is 0 Å². The molecule has 3 atom stereocenters. The highest BCUT2D eigenvalue weighted by Gasteiger charge is 2.52. The van der Waals surface area contributed by atoms with Crippen molar-refractivity contribution in [3.63, 3.8) is 0 Å². The van der Waals surface area contributed by atoms with Gasteiger partial charge in [0.15, 0.2) is 0 Å². The van der Waals surface area contributed by atoms with Gasteiger partial charge in [0.2, 0.25) is 0 Å². The number of ether oxygens (including phenoxy) is 1. The molecule has 0 spiro atoms. The Morgan fingerprint density at radius 3 is 2.63 bits per heavy atom. The van der Waals surface area contributed by atoms with Gasteiger partial charge < -0.3 is 31.3 Å². The summed E-state index contributed by atoms with van der Waals surface area (Å²) in [7, 11) is 1.70. The lowest BCUT2D eigenvalue weighted by Crippen LogP contribution is -2.89. The van der Waals surface area contributed by atoms with Crippen molar-refractivity contribution in [2.45, 2.75) is 50.2 Å². The van der Waals surface area contributed by atoms with E-state index in [1.54, 1.807) is 28.4 Å². The summed E-state index contributed by atoms with van der Waals surface area (Å²) in [5.41, 5.74) is 14.0. The number of primary amides is 1. The maximum absolute atomic E-state index is 13.1. The molecular weight excluding hydrogens is 467 g/mol. The fraction of sp³-hybridized carbons (Fsp3) is 0.545. The first kappa shape index (κ1) is 24.8. The predicted octanol–water partition coefficient (Wildman–Crippen LogP) is 1.02. The first-order valence-electron chi connectivity index (χ1n) is 11.6. The van der Waals surface area contributed by atoms with E-state index >= 15 is 0 Å². The number of likely N-dealkylation sites (tertiary alicyclic amines) is 1. The molecule has 1 heterocycles. The minimum Gasteiger partial charge on any atom is -0.406 e. The van der Waals surface area contributed by atoms with Gasteiger partial charge in [-0.05, 0) is 43.7 Å². The number of nitrogens with zero attached hydrogens (tertiary/aromatic N) is 3. The predicted molar refractivity (Wildman–Crippen MR) is 121 cm³/mol. The minimum absolute atomic E-state index is 0.0451. The summed E-state index contributed by atoms with van der Waals surface area (Å²) < 4.78 is 41.6. The maximum Gasteiger partial charge on any atom is 0.573 e. The van der Waals surface area contributed by atoms with Gasteiger partial charge in [0.1, 0.15) is 5.75 Å². The molecule has 1 aromatic carbocycles. The molecule has 4 rings (SSSR count). The van der Waals surface area contributed by atoms with E-state index in [0.717, 1.165) is 25.7 Å². The molecule has 4 amide bonds. The summed E-state index contributed by atoms with van der Waals surface area (Å²) in [4.78, 5) is 28.4. The normalized spacial score (nSPS) is 23.8. The molecule has 10 nitrogen and oxygen atoms in total. The Bertz CT molecular complexity index is 985. The van der Waals surface area contributed by atoms with Gasteiger partial charge in [-0.15, -0.1) is 13.2 Å². The molecule has 3 aliphatic rings. The zero-order valence-electron chi connectivity index (χ0n) is 19.4. The van der Waals surface area contributed by atoms with E-state index < -0.39 is 12.4 Å². The van der Waals surface area contributed by atoms with Crippen LogP contribution in [0.3, 0.4) is 0 Å². The van der Waals surface area contributed by atoms with Crippen LogP contribution in [0, 0.1) is 5.92 Å². The molecule has 1 aromatic rings. The number of amides is 4. The van der Waals surface area contributed by atoms with Crippen molar-refractivity contribution >= 4 is 17.7 Å². The third-order valence-electron chi connectivity index (χ3n) is 6.50. The fourth-order valence-corrected chi connectivity index (χ4v) is 4.72. The van der Waals surface area contributed by atoms with E-state index in [9.17, 15) is 22.8 Å². The summed E-state index contributed by atoms with van der Waals surface area (Å²) in [6.07, 6.45) is 0.327. The first-order chi connectivity index (χ1) is 16.6. The Labute approximate surface area is 201 Å². The van der Waals surface area contributed by atoms with Crippen LogP contribution in [0.1, 0.15) is 25.7 Å². The number of carbonyl (C=O) groups is 2. The van der Waals surface area contributed by atoms with Crippen molar-refractivity contribution in [3.8, 4) is 5.75 Å². The SMILES string of the molecule is C[NH2+]N(/C=C(\N)CNC(=O)N(C1CC1)[C@@H]1CC2CC2N(C(N)=O)C1)c1cccc(OC(F)(F)F)c1. The number of piperidine rings is 1. The number of alkyl halides is 3. The van der Waals surface area contributed by atoms with Gasteiger partial charge in [-0.25, -0.2) is 20.0 Å². The Balaban J connectivity index is 1.38. The van der Waals surface area contributed by atoms with E-state index in [-0.39, 0.29) is 36.5 Å². The summed E-state index contributed by atoms with van der Waals surface area (Å²) in [5, 5.41) is 4.39. The number of nitrogens with two attached hydrogens (primary N) is 3. The first-order valence-corrected chi connectivity index (χ1v) is 11.6. The lowest BCUT2D eigenvalue weighted by atomic mass is 10.0. The lowest BCUT2D eigenvalue weighted by Gasteiger charge is -2.38. The molecule has 1 aliphatic heterocycles. The van der Waals surface area contributed by atoms with Crippen LogP contribution in [0.2, 0.25) is 0 Å². The van der Waals surface area contributed by atoms with Gasteiger partial charge in [-0.2, -0.15) is 0 Å². The number of urea groups is 2. The van der Waals surface area contributed by atoms with Gasteiger partial charge >= 0.3 is 18.4 Å². The maximum atomic E-state index is 13.1. The van der Waals surface area contributed by atoms with Gasteiger partial charge in [0, 0.05) is 30.4 Å². The van der Waals surface area contributed by atoms with E-state index in [2.05, 4.69) is 10.1 Å². The molecular formula is C22H31F3N7O3+. The van der Waals surface area contributed by atoms with Crippen molar-refractivity contribution in [3.05, 3.63) is 36.2 Å². The summed E-state index contributed by atoms with van der Waals surface area (Å²) in [6, 6.07) is 5.02. The van der Waals surface area contributed by atoms with Crippen molar-refractivity contribution in [2.24, 2.45) is 17.4 Å². The van der Waals surface area contributed by atoms with Gasteiger partial charge in [-0.3, -0.25) is 0 Å². The van der Waals surface area contributed by atoms with E-state index in [0.29, 0.717) is 23.8 Å². The summed E-state index contributed by atoms with van der Waals surface area (Å²) in [6.45, 7) is 0.476. The summed E-state index contributed by atoms with van der Waals surface area (Å²) >= 11 is 0. The number of anilines is 1. The molecule has 1 saturated heterocycles. The largest absolute Gasteiger partial charge is 0.573 e. The zero-order valence-corrected chi connectivity index (χ0v) is 19.4. The Hall–Kier alpha value is -3.35. The van der Waals surface area contributed by atoms with Crippen molar-refractivity contribution < 1.29 is 32.9 Å². The Kier molecular flexibility index (Phi) is 6.88. The third-order valence-corrected chi connectivity index (χ3v) is 6.50. The Morgan fingerprint density at radius 2 is 2.00 bits per heavy atom.